The molecule has 0 saturated carbocycles. The van der Waals surface area contributed by atoms with Crippen LogP contribution in [0.1, 0.15) is 24.8 Å². The second kappa shape index (κ2) is 7.26. The van der Waals surface area contributed by atoms with Crippen molar-refractivity contribution in [2.75, 3.05) is 25.4 Å². The SMILES string of the molecule is NC(=O)CN(Cc1ccc(N)cc1)CC1CCCCO1. The molecule has 110 valence electrons. The first-order valence-corrected chi connectivity index (χ1v) is 7.10. The highest BCUT2D eigenvalue weighted by Crippen LogP contribution is 2.15. The number of carbonyl (C=O) groups is 1. The van der Waals surface area contributed by atoms with Crippen LogP contribution in [0.3, 0.4) is 0 Å². The summed E-state index contributed by atoms with van der Waals surface area (Å²) in [6.45, 7) is 2.50. The topological polar surface area (TPSA) is 81.6 Å². The summed E-state index contributed by atoms with van der Waals surface area (Å²) >= 11 is 0. The molecule has 4 N–H and O–H groups in total. The van der Waals surface area contributed by atoms with Gasteiger partial charge in [-0.1, -0.05) is 12.1 Å². The van der Waals surface area contributed by atoms with Crippen LogP contribution in [0.25, 0.3) is 0 Å². The first-order valence-electron chi connectivity index (χ1n) is 7.10. The van der Waals surface area contributed by atoms with Crippen molar-refractivity contribution < 1.29 is 9.53 Å². The van der Waals surface area contributed by atoms with Gasteiger partial charge in [0, 0.05) is 25.4 Å². The molecule has 0 bridgehead atoms. The zero-order chi connectivity index (χ0) is 14.4. The van der Waals surface area contributed by atoms with E-state index in [-0.39, 0.29) is 18.6 Å². The molecule has 1 aromatic rings. The van der Waals surface area contributed by atoms with Crippen LogP contribution in [0.15, 0.2) is 24.3 Å². The molecule has 5 heteroatoms. The van der Waals surface area contributed by atoms with Crippen molar-refractivity contribution in [1.82, 2.24) is 4.90 Å². The van der Waals surface area contributed by atoms with Crippen LogP contribution < -0.4 is 11.5 Å². The minimum Gasteiger partial charge on any atom is -0.399 e. The Kier molecular flexibility index (Phi) is 5.38. The molecule has 1 aliphatic heterocycles. The lowest BCUT2D eigenvalue weighted by Gasteiger charge is -2.29. The molecule has 0 spiro atoms. The number of nitrogens with zero attached hydrogens (tertiary/aromatic N) is 1. The standard InChI is InChI=1S/C15H23N3O2/c16-13-6-4-12(5-7-13)9-18(11-15(17)19)10-14-3-1-2-8-20-14/h4-7,14H,1-3,8-11,16H2,(H2,17,19). The van der Waals surface area contributed by atoms with Crippen LogP contribution in [-0.4, -0.2) is 36.6 Å². The number of primary amides is 1. The Morgan fingerprint density at radius 1 is 1.30 bits per heavy atom. The van der Waals surface area contributed by atoms with E-state index < -0.39 is 0 Å². The Bertz CT molecular complexity index is 427. The molecule has 1 fully saturated rings. The van der Waals surface area contributed by atoms with E-state index in [2.05, 4.69) is 0 Å². The van der Waals surface area contributed by atoms with Crippen molar-refractivity contribution in [2.45, 2.75) is 31.9 Å². The number of rotatable bonds is 6. The number of nitrogen functional groups attached to an aromatic ring is 1. The first-order chi connectivity index (χ1) is 9.63. The van der Waals surface area contributed by atoms with Crippen LogP contribution in [0.4, 0.5) is 5.69 Å². The summed E-state index contributed by atoms with van der Waals surface area (Å²) in [7, 11) is 0. The zero-order valence-corrected chi connectivity index (χ0v) is 11.8. The van der Waals surface area contributed by atoms with Gasteiger partial charge in [0.1, 0.15) is 0 Å². The van der Waals surface area contributed by atoms with E-state index in [0.29, 0.717) is 6.54 Å². The summed E-state index contributed by atoms with van der Waals surface area (Å²) in [6, 6.07) is 7.69. The molecule has 0 radical (unpaired) electrons. The van der Waals surface area contributed by atoms with E-state index in [1.165, 1.54) is 6.42 Å². The average molecular weight is 277 g/mol. The number of amides is 1. The highest BCUT2D eigenvalue weighted by atomic mass is 16.5. The normalized spacial score (nSPS) is 19.1. The first kappa shape index (κ1) is 14.8. The molecule has 2 rings (SSSR count). The predicted molar refractivity (Wildman–Crippen MR) is 78.9 cm³/mol. The molecule has 1 atom stereocenters. The Labute approximate surface area is 119 Å². The lowest BCUT2D eigenvalue weighted by atomic mass is 10.1. The lowest BCUT2D eigenvalue weighted by molar-refractivity contribution is -0.119. The minimum absolute atomic E-state index is 0.205. The highest BCUT2D eigenvalue weighted by molar-refractivity contribution is 5.75. The molecule has 1 aromatic carbocycles. The quantitative estimate of drug-likeness (QED) is 0.764. The number of anilines is 1. The maximum Gasteiger partial charge on any atom is 0.231 e. The van der Waals surface area contributed by atoms with Crippen molar-refractivity contribution >= 4 is 11.6 Å². The molecule has 1 saturated heterocycles. The van der Waals surface area contributed by atoms with E-state index in [1.807, 2.05) is 29.2 Å². The van der Waals surface area contributed by atoms with Crippen molar-refractivity contribution in [3.05, 3.63) is 29.8 Å². The van der Waals surface area contributed by atoms with Crippen molar-refractivity contribution in [3.8, 4) is 0 Å². The van der Waals surface area contributed by atoms with Crippen LogP contribution in [0.5, 0.6) is 0 Å². The Morgan fingerprint density at radius 2 is 2.05 bits per heavy atom. The highest BCUT2D eigenvalue weighted by Gasteiger charge is 2.19. The maximum absolute atomic E-state index is 11.2. The third-order valence-electron chi connectivity index (χ3n) is 3.50. The third-order valence-corrected chi connectivity index (χ3v) is 3.50. The molecule has 1 heterocycles. The second-order valence-corrected chi connectivity index (χ2v) is 5.37. The van der Waals surface area contributed by atoms with Crippen molar-refractivity contribution in [2.24, 2.45) is 5.73 Å². The monoisotopic (exact) mass is 277 g/mol. The van der Waals surface area contributed by atoms with Gasteiger partial charge in [-0.2, -0.15) is 0 Å². The van der Waals surface area contributed by atoms with E-state index in [1.54, 1.807) is 0 Å². The van der Waals surface area contributed by atoms with Gasteiger partial charge in [0.25, 0.3) is 0 Å². The van der Waals surface area contributed by atoms with Gasteiger partial charge in [0.2, 0.25) is 5.91 Å². The molecule has 1 aliphatic rings. The van der Waals surface area contributed by atoms with E-state index in [9.17, 15) is 4.79 Å². The van der Waals surface area contributed by atoms with Crippen LogP contribution >= 0.6 is 0 Å². The van der Waals surface area contributed by atoms with Crippen LogP contribution in [0, 0.1) is 0 Å². The van der Waals surface area contributed by atoms with Crippen molar-refractivity contribution in [3.63, 3.8) is 0 Å². The molecule has 0 aliphatic carbocycles. The summed E-state index contributed by atoms with van der Waals surface area (Å²) < 4.78 is 5.73. The fourth-order valence-corrected chi connectivity index (χ4v) is 2.53. The van der Waals surface area contributed by atoms with Gasteiger partial charge in [0.05, 0.1) is 12.6 Å². The van der Waals surface area contributed by atoms with Gasteiger partial charge in [-0.25, -0.2) is 0 Å². The van der Waals surface area contributed by atoms with Crippen LogP contribution in [-0.2, 0) is 16.1 Å². The zero-order valence-electron chi connectivity index (χ0n) is 11.8. The second-order valence-electron chi connectivity index (χ2n) is 5.37. The lowest BCUT2D eigenvalue weighted by Crippen LogP contribution is -2.40. The molecule has 5 nitrogen and oxygen atoms in total. The number of nitrogens with two attached hydrogens (primary N) is 2. The molecular formula is C15H23N3O2. The summed E-state index contributed by atoms with van der Waals surface area (Å²) in [6.07, 6.45) is 3.58. The summed E-state index contributed by atoms with van der Waals surface area (Å²) in [5.74, 6) is -0.309. The Hall–Kier alpha value is -1.59. The maximum atomic E-state index is 11.2. The number of ether oxygens (including phenoxy) is 1. The van der Waals surface area contributed by atoms with Crippen molar-refractivity contribution in [1.29, 1.82) is 0 Å². The van der Waals surface area contributed by atoms with Gasteiger partial charge in [0.15, 0.2) is 0 Å². The van der Waals surface area contributed by atoms with Gasteiger partial charge in [-0.3, -0.25) is 9.69 Å². The Balaban J connectivity index is 1.95. The van der Waals surface area contributed by atoms with Gasteiger partial charge in [-0.15, -0.1) is 0 Å². The van der Waals surface area contributed by atoms with Gasteiger partial charge < -0.3 is 16.2 Å². The number of benzene rings is 1. The number of carbonyl (C=O) groups excluding carboxylic acids is 1. The number of hydrogen-bond acceptors (Lipinski definition) is 4. The average Bonchev–Trinajstić information content (AvgIpc) is 2.42. The molecule has 1 amide bonds. The van der Waals surface area contributed by atoms with Gasteiger partial charge in [-0.05, 0) is 37.0 Å². The molecule has 20 heavy (non-hydrogen) atoms. The molecule has 1 unspecified atom stereocenters. The third kappa shape index (κ3) is 4.83. The Morgan fingerprint density at radius 3 is 2.65 bits per heavy atom. The summed E-state index contributed by atoms with van der Waals surface area (Å²) in [4.78, 5) is 13.3. The fraction of sp³-hybridized carbons (Fsp3) is 0.533. The van der Waals surface area contributed by atoms with E-state index in [4.69, 9.17) is 16.2 Å². The predicted octanol–water partition coefficient (Wildman–Crippen LogP) is 1.13. The minimum atomic E-state index is -0.309. The van der Waals surface area contributed by atoms with E-state index in [0.717, 1.165) is 37.2 Å². The molecular weight excluding hydrogens is 254 g/mol. The van der Waals surface area contributed by atoms with Crippen LogP contribution in [0.2, 0.25) is 0 Å². The fourth-order valence-electron chi connectivity index (χ4n) is 2.53. The smallest absolute Gasteiger partial charge is 0.231 e. The largest absolute Gasteiger partial charge is 0.399 e. The van der Waals surface area contributed by atoms with E-state index >= 15 is 0 Å². The molecule has 0 aromatic heterocycles. The van der Waals surface area contributed by atoms with Gasteiger partial charge >= 0.3 is 0 Å². The number of hydrogen-bond donors (Lipinski definition) is 2. The summed E-state index contributed by atoms with van der Waals surface area (Å²) in [5.41, 5.74) is 12.9. The summed E-state index contributed by atoms with van der Waals surface area (Å²) in [5, 5.41) is 0.